The maximum absolute atomic E-state index is 14.3. The molecule has 7 heteroatoms. The topological polar surface area (TPSA) is 77.0 Å². The highest BCUT2D eigenvalue weighted by Gasteiger charge is 2.69. The highest BCUT2D eigenvalue weighted by Crippen LogP contribution is 2.54. The molecule has 32 heavy (non-hydrogen) atoms. The first-order chi connectivity index (χ1) is 15.4. The van der Waals surface area contributed by atoms with Crippen molar-refractivity contribution in [2.75, 3.05) is 14.2 Å². The Kier molecular flexibility index (Phi) is 6.67. The number of methoxy groups -OCH3 is 2. The van der Waals surface area contributed by atoms with Crippen LogP contribution in [0.25, 0.3) is 0 Å². The van der Waals surface area contributed by atoms with Crippen LogP contribution in [0.3, 0.4) is 0 Å². The van der Waals surface area contributed by atoms with Crippen molar-refractivity contribution in [1.29, 1.82) is 0 Å². The standard InChI is InChI=1S/C25H40ClNO5/c1-13-11-17(28)15-9-10-16(14-7-5-4-6-8-14)27-23(15)25(13)24(29)20-18(30-2)12-19(31-3)21(26)22(20)32-25/h13-23,27-28H,4-12H2,1-3H3/t13-,15?,16?,17+,18?,19?,20?,21?,22?,23?,25+/m1/s1. The van der Waals surface area contributed by atoms with Gasteiger partial charge >= 0.3 is 0 Å². The van der Waals surface area contributed by atoms with Crippen molar-refractivity contribution in [2.45, 2.75) is 112 Å². The van der Waals surface area contributed by atoms with Crippen LogP contribution in [-0.2, 0) is 19.0 Å². The summed E-state index contributed by atoms with van der Waals surface area (Å²) in [5, 5.41) is 14.5. The summed E-state index contributed by atoms with van der Waals surface area (Å²) in [5.41, 5.74) is -0.959. The number of nitrogens with one attached hydrogen (secondary N) is 1. The van der Waals surface area contributed by atoms with Gasteiger partial charge < -0.3 is 24.6 Å². The summed E-state index contributed by atoms with van der Waals surface area (Å²) in [4.78, 5) is 14.3. The number of carbonyl (C=O) groups excluding carboxylic acids is 1. The lowest BCUT2D eigenvalue weighted by Gasteiger charge is -2.55. The Morgan fingerprint density at radius 1 is 1.06 bits per heavy atom. The molecule has 5 rings (SSSR count). The molecule has 182 valence electrons. The number of aliphatic hydroxyl groups is 1. The van der Waals surface area contributed by atoms with E-state index in [1.165, 1.54) is 32.1 Å². The zero-order valence-corrected chi connectivity index (χ0v) is 20.4. The molecule has 5 fully saturated rings. The number of alkyl halides is 1. The van der Waals surface area contributed by atoms with Gasteiger partial charge in [-0.3, -0.25) is 4.79 Å². The third kappa shape index (κ3) is 3.51. The fraction of sp³-hybridized carbons (Fsp3) is 0.960. The van der Waals surface area contributed by atoms with Crippen LogP contribution >= 0.6 is 11.6 Å². The van der Waals surface area contributed by atoms with Crippen LogP contribution in [0.15, 0.2) is 0 Å². The normalized spacial score (nSPS) is 52.1. The molecular formula is C25H40ClNO5. The van der Waals surface area contributed by atoms with Crippen molar-refractivity contribution in [1.82, 2.24) is 5.32 Å². The SMILES string of the molecule is COC1CC(OC)C2C(=O)[C@@]3(OC2C1Cl)C1NC(C2CCCCC2)CCC1[C@@H](O)C[C@H]3C. The minimum Gasteiger partial charge on any atom is -0.393 e. The van der Waals surface area contributed by atoms with Crippen LogP contribution in [0.2, 0.25) is 0 Å². The van der Waals surface area contributed by atoms with E-state index in [1.54, 1.807) is 14.2 Å². The van der Waals surface area contributed by atoms with Gasteiger partial charge in [0, 0.05) is 38.6 Å². The number of carbonyl (C=O) groups is 1. The summed E-state index contributed by atoms with van der Waals surface area (Å²) in [5.74, 6) is 0.338. The fourth-order valence-electron chi connectivity index (χ4n) is 7.94. The number of halogens is 1. The number of aliphatic hydroxyl groups excluding tert-OH is 1. The molecule has 0 aromatic carbocycles. The number of piperidine rings is 1. The predicted molar refractivity (Wildman–Crippen MR) is 122 cm³/mol. The van der Waals surface area contributed by atoms with Gasteiger partial charge in [-0.05, 0) is 43.9 Å². The molecule has 1 spiro atoms. The molecule has 0 radical (unpaired) electrons. The first kappa shape index (κ1) is 23.5. The Morgan fingerprint density at radius 2 is 1.78 bits per heavy atom. The first-order valence-corrected chi connectivity index (χ1v) is 13.2. The zero-order chi connectivity index (χ0) is 22.6. The fourth-order valence-corrected chi connectivity index (χ4v) is 8.35. The maximum Gasteiger partial charge on any atom is 0.174 e. The molecule has 2 N–H and O–H groups in total. The number of hydrogen-bond donors (Lipinski definition) is 2. The van der Waals surface area contributed by atoms with E-state index in [9.17, 15) is 9.90 Å². The number of Topliss-reactive ketones (excluding diaryl/α,β-unsaturated/α-hetero) is 1. The summed E-state index contributed by atoms with van der Waals surface area (Å²) < 4.78 is 18.3. The second kappa shape index (κ2) is 9.09. The molecule has 8 unspecified atom stereocenters. The lowest BCUT2D eigenvalue weighted by atomic mass is 9.60. The van der Waals surface area contributed by atoms with Gasteiger partial charge in [0.1, 0.15) is 5.60 Å². The molecule has 2 aliphatic heterocycles. The lowest BCUT2D eigenvalue weighted by Crippen LogP contribution is -2.71. The van der Waals surface area contributed by atoms with Gasteiger partial charge in [-0.1, -0.05) is 26.2 Å². The van der Waals surface area contributed by atoms with E-state index >= 15 is 0 Å². The Labute approximate surface area is 197 Å². The van der Waals surface area contributed by atoms with Crippen LogP contribution in [0, 0.1) is 23.7 Å². The number of rotatable bonds is 3. The van der Waals surface area contributed by atoms with Crippen LogP contribution < -0.4 is 5.32 Å². The van der Waals surface area contributed by atoms with Gasteiger partial charge in [0.05, 0.1) is 35.7 Å². The number of hydrogen-bond acceptors (Lipinski definition) is 6. The molecule has 0 aromatic heterocycles. The summed E-state index contributed by atoms with van der Waals surface area (Å²) >= 11 is 6.85. The van der Waals surface area contributed by atoms with Gasteiger partial charge in [0.15, 0.2) is 5.78 Å². The average Bonchev–Trinajstić information content (AvgIpc) is 3.13. The van der Waals surface area contributed by atoms with E-state index in [-0.39, 0.29) is 41.8 Å². The summed E-state index contributed by atoms with van der Waals surface area (Å²) in [6.07, 6.45) is 8.31. The van der Waals surface area contributed by atoms with E-state index in [0.29, 0.717) is 24.8 Å². The van der Waals surface area contributed by atoms with Gasteiger partial charge in [-0.2, -0.15) is 0 Å². The molecule has 0 aromatic rings. The highest BCUT2D eigenvalue weighted by molar-refractivity contribution is 6.22. The van der Waals surface area contributed by atoms with Crippen molar-refractivity contribution in [3.63, 3.8) is 0 Å². The second-order valence-corrected chi connectivity index (χ2v) is 11.6. The average molecular weight is 470 g/mol. The number of ketones is 1. The molecule has 0 amide bonds. The Morgan fingerprint density at radius 3 is 2.47 bits per heavy atom. The van der Waals surface area contributed by atoms with Gasteiger partial charge in [0.25, 0.3) is 0 Å². The van der Waals surface area contributed by atoms with Crippen LogP contribution in [0.4, 0.5) is 0 Å². The van der Waals surface area contributed by atoms with E-state index < -0.39 is 23.2 Å². The molecule has 2 saturated heterocycles. The van der Waals surface area contributed by atoms with Crippen molar-refractivity contribution >= 4 is 17.4 Å². The van der Waals surface area contributed by atoms with Gasteiger partial charge in [0.2, 0.25) is 0 Å². The van der Waals surface area contributed by atoms with Crippen molar-refractivity contribution in [3.8, 4) is 0 Å². The molecule has 3 aliphatic carbocycles. The highest BCUT2D eigenvalue weighted by atomic mass is 35.5. The molecule has 0 bridgehead atoms. The van der Waals surface area contributed by atoms with E-state index in [4.69, 9.17) is 25.8 Å². The van der Waals surface area contributed by atoms with Crippen molar-refractivity contribution < 1.29 is 24.1 Å². The first-order valence-electron chi connectivity index (χ1n) is 12.8. The predicted octanol–water partition coefficient (Wildman–Crippen LogP) is 3.07. The minimum atomic E-state index is -0.959. The largest absolute Gasteiger partial charge is 0.393 e. The van der Waals surface area contributed by atoms with Crippen LogP contribution in [-0.4, -0.2) is 72.6 Å². The molecule has 3 saturated carbocycles. The minimum absolute atomic E-state index is 0.0307. The van der Waals surface area contributed by atoms with E-state index in [2.05, 4.69) is 12.2 Å². The molecular weight excluding hydrogens is 430 g/mol. The third-order valence-corrected chi connectivity index (χ3v) is 10.2. The molecule has 6 nitrogen and oxygen atoms in total. The van der Waals surface area contributed by atoms with Crippen LogP contribution in [0.1, 0.15) is 64.7 Å². The summed E-state index contributed by atoms with van der Waals surface area (Å²) in [6, 6.07) is 0.212. The van der Waals surface area contributed by atoms with Crippen molar-refractivity contribution in [3.05, 3.63) is 0 Å². The van der Waals surface area contributed by atoms with Gasteiger partial charge in [-0.15, -0.1) is 11.6 Å². The molecule has 5 aliphatic rings. The smallest absolute Gasteiger partial charge is 0.174 e. The summed E-state index contributed by atoms with van der Waals surface area (Å²) in [7, 11) is 3.32. The lowest BCUT2D eigenvalue weighted by molar-refractivity contribution is -0.181. The Bertz CT molecular complexity index is 702. The summed E-state index contributed by atoms with van der Waals surface area (Å²) in [6.45, 7) is 2.07. The van der Waals surface area contributed by atoms with Crippen molar-refractivity contribution in [2.24, 2.45) is 23.7 Å². The molecule has 11 atom stereocenters. The van der Waals surface area contributed by atoms with E-state index in [0.717, 1.165) is 12.8 Å². The van der Waals surface area contributed by atoms with Crippen LogP contribution in [0.5, 0.6) is 0 Å². The maximum atomic E-state index is 14.3. The second-order valence-electron chi connectivity index (χ2n) is 11.1. The monoisotopic (exact) mass is 469 g/mol. The quantitative estimate of drug-likeness (QED) is 0.618. The van der Waals surface area contributed by atoms with Gasteiger partial charge in [-0.25, -0.2) is 0 Å². The Balaban J connectivity index is 1.49. The Hall–Kier alpha value is -0.240. The number of ether oxygens (including phenoxy) is 3. The third-order valence-electron chi connectivity index (χ3n) is 9.65. The molecule has 2 heterocycles. The zero-order valence-electron chi connectivity index (χ0n) is 19.7. The number of fused-ring (bicyclic) bond motifs is 3. The van der Waals surface area contributed by atoms with E-state index in [1.807, 2.05) is 0 Å².